The van der Waals surface area contributed by atoms with E-state index in [1.807, 2.05) is 40.7 Å². The molecule has 0 radical (unpaired) electrons. The molecule has 0 atom stereocenters. The topological polar surface area (TPSA) is 65.2 Å². The zero-order chi connectivity index (χ0) is 13.8. The molecule has 0 saturated carbocycles. The molecule has 0 aliphatic carbocycles. The predicted molar refractivity (Wildman–Crippen MR) is 71.4 cm³/mol. The number of nitrogens with zero attached hydrogens (tertiary/aromatic N) is 1. The average Bonchev–Trinajstić information content (AvgIpc) is 2.42. The maximum absolute atomic E-state index is 10.9. The Bertz CT molecular complexity index is 325. The normalized spacial score (nSPS) is 8.12. The van der Waals surface area contributed by atoms with Crippen LogP contribution in [0.5, 0.6) is 5.75 Å². The van der Waals surface area contributed by atoms with Crippen molar-refractivity contribution in [3.63, 3.8) is 0 Å². The molecule has 1 amide bonds. The third-order valence-corrected chi connectivity index (χ3v) is 1.73. The van der Waals surface area contributed by atoms with Crippen LogP contribution in [-0.2, 0) is 6.42 Å². The van der Waals surface area contributed by atoms with Gasteiger partial charge in [-0.05, 0) is 18.6 Å². The minimum atomic E-state index is -0.563. The maximum Gasteiger partial charge on any atom is 0.271 e. The van der Waals surface area contributed by atoms with Crippen molar-refractivity contribution in [1.82, 2.24) is 4.98 Å². The summed E-state index contributed by atoms with van der Waals surface area (Å²) in [4.78, 5) is 15.0. The van der Waals surface area contributed by atoms with E-state index in [0.717, 1.165) is 12.1 Å². The van der Waals surface area contributed by atoms with Gasteiger partial charge in [0.25, 0.3) is 5.91 Å². The van der Waals surface area contributed by atoms with Crippen molar-refractivity contribution in [2.75, 3.05) is 7.11 Å². The van der Waals surface area contributed by atoms with E-state index in [2.05, 4.69) is 4.98 Å². The summed E-state index contributed by atoms with van der Waals surface area (Å²) in [5, 5.41) is 0. The van der Waals surface area contributed by atoms with Gasteiger partial charge in [0.15, 0.2) is 5.69 Å². The van der Waals surface area contributed by atoms with Gasteiger partial charge < -0.3 is 10.5 Å². The number of primary amides is 1. The fourth-order valence-electron chi connectivity index (χ4n) is 1.02. The molecule has 4 nitrogen and oxygen atoms in total. The average molecular weight is 240 g/mol. The lowest BCUT2D eigenvalue weighted by molar-refractivity contribution is 0.0992. The van der Waals surface area contributed by atoms with E-state index < -0.39 is 5.91 Å². The first kappa shape index (κ1) is 17.8. The highest BCUT2D eigenvalue weighted by Crippen LogP contribution is 2.15. The van der Waals surface area contributed by atoms with Gasteiger partial charge in [0.05, 0.1) is 7.11 Å². The second kappa shape index (κ2) is 10.9. The van der Waals surface area contributed by atoms with Crippen LogP contribution in [-0.4, -0.2) is 18.0 Å². The molecule has 0 spiro atoms. The van der Waals surface area contributed by atoms with Crippen LogP contribution in [0.4, 0.5) is 0 Å². The van der Waals surface area contributed by atoms with Crippen molar-refractivity contribution in [3.8, 4) is 5.75 Å². The van der Waals surface area contributed by atoms with Crippen molar-refractivity contribution in [3.05, 3.63) is 23.5 Å². The largest absolute Gasteiger partial charge is 0.494 e. The number of nitrogens with two attached hydrogens (primary N) is 1. The maximum atomic E-state index is 10.9. The second-order valence-corrected chi connectivity index (χ2v) is 2.57. The standard InChI is InChI=1S/C9H12N2O2.2C2H6/c1-3-6-4-5-7(13-2)8(11-6)9(10)12;2*1-2/h4-5H,3H2,1-2H3,(H2,10,12);2*1-2H3. The van der Waals surface area contributed by atoms with E-state index in [-0.39, 0.29) is 5.69 Å². The molecule has 1 heterocycles. The van der Waals surface area contributed by atoms with Gasteiger partial charge in [-0.2, -0.15) is 0 Å². The summed E-state index contributed by atoms with van der Waals surface area (Å²) in [6.07, 6.45) is 0.768. The first-order chi connectivity index (χ1) is 8.19. The van der Waals surface area contributed by atoms with E-state index in [1.54, 1.807) is 6.07 Å². The minimum absolute atomic E-state index is 0.196. The SMILES string of the molecule is CC.CC.CCc1ccc(OC)c(C(N)=O)n1. The number of carbonyl (C=O) groups is 1. The summed E-state index contributed by atoms with van der Waals surface area (Å²) < 4.78 is 4.94. The van der Waals surface area contributed by atoms with Crippen LogP contribution in [0.3, 0.4) is 0 Å². The third kappa shape index (κ3) is 5.90. The first-order valence-electron chi connectivity index (χ1n) is 6.02. The number of hydrogen-bond donors (Lipinski definition) is 1. The number of methoxy groups -OCH3 is 1. The molecule has 0 unspecified atom stereocenters. The summed E-state index contributed by atoms with van der Waals surface area (Å²) in [5.41, 5.74) is 6.16. The number of aryl methyl sites for hydroxylation is 1. The van der Waals surface area contributed by atoms with Crippen molar-refractivity contribution < 1.29 is 9.53 Å². The number of aromatic nitrogens is 1. The number of carbonyl (C=O) groups excluding carboxylic acids is 1. The van der Waals surface area contributed by atoms with Gasteiger partial charge in [-0.1, -0.05) is 34.6 Å². The molecular weight excluding hydrogens is 216 g/mol. The highest BCUT2D eigenvalue weighted by Gasteiger charge is 2.10. The highest BCUT2D eigenvalue weighted by atomic mass is 16.5. The van der Waals surface area contributed by atoms with Crippen LogP contribution in [0.25, 0.3) is 0 Å². The van der Waals surface area contributed by atoms with E-state index >= 15 is 0 Å². The van der Waals surface area contributed by atoms with Gasteiger partial charge in [-0.3, -0.25) is 4.79 Å². The monoisotopic (exact) mass is 240 g/mol. The van der Waals surface area contributed by atoms with Crippen LogP contribution in [0.15, 0.2) is 12.1 Å². The molecule has 98 valence electrons. The van der Waals surface area contributed by atoms with Gasteiger partial charge in [-0.25, -0.2) is 4.98 Å². The molecular formula is C13H24N2O2. The fourth-order valence-corrected chi connectivity index (χ4v) is 1.02. The second-order valence-electron chi connectivity index (χ2n) is 2.57. The summed E-state index contributed by atoms with van der Waals surface area (Å²) in [6.45, 7) is 9.96. The van der Waals surface area contributed by atoms with Crippen LogP contribution in [0.2, 0.25) is 0 Å². The van der Waals surface area contributed by atoms with E-state index in [1.165, 1.54) is 7.11 Å². The van der Waals surface area contributed by atoms with Crippen LogP contribution < -0.4 is 10.5 Å². The molecule has 1 aromatic heterocycles. The molecule has 2 N–H and O–H groups in total. The number of hydrogen-bond acceptors (Lipinski definition) is 3. The Hall–Kier alpha value is -1.58. The van der Waals surface area contributed by atoms with Gasteiger partial charge in [0, 0.05) is 5.69 Å². The highest BCUT2D eigenvalue weighted by molar-refractivity contribution is 5.93. The Labute approximate surface area is 104 Å². The van der Waals surface area contributed by atoms with Crippen LogP contribution >= 0.6 is 0 Å². The third-order valence-electron chi connectivity index (χ3n) is 1.73. The van der Waals surface area contributed by atoms with Gasteiger partial charge >= 0.3 is 0 Å². The molecule has 0 fully saturated rings. The summed E-state index contributed by atoms with van der Waals surface area (Å²) >= 11 is 0. The summed E-state index contributed by atoms with van der Waals surface area (Å²) in [6, 6.07) is 3.51. The molecule has 0 saturated heterocycles. The number of pyridine rings is 1. The summed E-state index contributed by atoms with van der Waals surface area (Å²) in [7, 11) is 1.48. The first-order valence-corrected chi connectivity index (χ1v) is 6.02. The quantitative estimate of drug-likeness (QED) is 0.883. The van der Waals surface area contributed by atoms with Gasteiger partial charge in [-0.15, -0.1) is 0 Å². The van der Waals surface area contributed by atoms with Crippen molar-refractivity contribution >= 4 is 5.91 Å². The van der Waals surface area contributed by atoms with Gasteiger partial charge in [0.1, 0.15) is 5.75 Å². The molecule has 1 rings (SSSR count). The lowest BCUT2D eigenvalue weighted by Crippen LogP contribution is -2.15. The molecule has 17 heavy (non-hydrogen) atoms. The zero-order valence-corrected chi connectivity index (χ0v) is 11.7. The number of amides is 1. The summed E-state index contributed by atoms with van der Waals surface area (Å²) in [5.74, 6) is -0.142. The molecule has 0 aliphatic heterocycles. The molecule has 0 bridgehead atoms. The van der Waals surface area contributed by atoms with E-state index in [4.69, 9.17) is 10.5 Å². The Morgan fingerprint density at radius 2 is 1.82 bits per heavy atom. The predicted octanol–water partition coefficient (Wildman–Crippen LogP) is 2.80. The molecule has 0 aliphatic rings. The zero-order valence-electron chi connectivity index (χ0n) is 11.7. The Balaban J connectivity index is 0. The van der Waals surface area contributed by atoms with Gasteiger partial charge in [0.2, 0.25) is 0 Å². The van der Waals surface area contributed by atoms with Crippen molar-refractivity contribution in [2.24, 2.45) is 5.73 Å². The Kier molecular flexibility index (Phi) is 11.4. The molecule has 0 aromatic carbocycles. The van der Waals surface area contributed by atoms with Crippen molar-refractivity contribution in [2.45, 2.75) is 41.0 Å². The van der Waals surface area contributed by atoms with Crippen LogP contribution in [0.1, 0.15) is 50.8 Å². The Morgan fingerprint density at radius 1 is 1.29 bits per heavy atom. The lowest BCUT2D eigenvalue weighted by atomic mass is 10.2. The Morgan fingerprint density at radius 3 is 2.18 bits per heavy atom. The van der Waals surface area contributed by atoms with E-state index in [9.17, 15) is 4.79 Å². The number of rotatable bonds is 3. The number of ether oxygens (including phenoxy) is 1. The smallest absolute Gasteiger partial charge is 0.271 e. The molecule has 1 aromatic rings. The van der Waals surface area contributed by atoms with Crippen molar-refractivity contribution in [1.29, 1.82) is 0 Å². The fraction of sp³-hybridized carbons (Fsp3) is 0.538. The van der Waals surface area contributed by atoms with E-state index in [0.29, 0.717) is 5.75 Å². The minimum Gasteiger partial charge on any atom is -0.494 e. The lowest BCUT2D eigenvalue weighted by Gasteiger charge is -2.05. The van der Waals surface area contributed by atoms with Crippen LogP contribution in [0, 0.1) is 0 Å². The molecule has 4 heteroatoms.